The number of hydrogen-bond acceptors (Lipinski definition) is 7. The highest BCUT2D eigenvalue weighted by Crippen LogP contribution is 2.52. The fourth-order valence-electron chi connectivity index (χ4n) is 8.12. The van der Waals surface area contributed by atoms with E-state index in [1.807, 2.05) is 4.90 Å². The van der Waals surface area contributed by atoms with Gasteiger partial charge in [-0.2, -0.15) is 13.2 Å². The molecule has 228 valence electrons. The van der Waals surface area contributed by atoms with E-state index in [0.29, 0.717) is 57.9 Å². The summed E-state index contributed by atoms with van der Waals surface area (Å²) in [5, 5.41) is 3.82. The summed E-state index contributed by atoms with van der Waals surface area (Å²) in [6, 6.07) is 4.46. The van der Waals surface area contributed by atoms with Crippen molar-refractivity contribution in [3.63, 3.8) is 0 Å². The van der Waals surface area contributed by atoms with Crippen LogP contribution in [0.5, 0.6) is 0 Å². The average molecular weight is 582 g/mol. The molecule has 0 aromatic heterocycles. The number of carbonyl (C=O) groups is 1. The van der Waals surface area contributed by atoms with Crippen molar-refractivity contribution in [3.8, 4) is 0 Å². The van der Waals surface area contributed by atoms with E-state index in [0.717, 1.165) is 37.4 Å². The Bertz CT molecular complexity index is 1110. The molecule has 1 aromatic rings. The minimum absolute atomic E-state index is 0.0292. The Kier molecular flexibility index (Phi) is 8.39. The number of methoxy groups -OCH3 is 2. The maximum atomic E-state index is 14.6. The summed E-state index contributed by atoms with van der Waals surface area (Å²) in [6.07, 6.45) is -0.634. The highest BCUT2D eigenvalue weighted by molar-refractivity contribution is 5.85. The molecule has 7 atom stereocenters. The number of alkyl halides is 3. The van der Waals surface area contributed by atoms with Crippen molar-refractivity contribution in [1.82, 2.24) is 15.1 Å². The van der Waals surface area contributed by atoms with Crippen molar-refractivity contribution in [3.05, 3.63) is 34.9 Å². The molecule has 6 rings (SSSR count). The smallest absolute Gasteiger partial charge is 0.379 e. The van der Waals surface area contributed by atoms with Gasteiger partial charge >= 0.3 is 6.18 Å². The highest BCUT2D eigenvalue weighted by atomic mass is 19.4. The number of amides is 1. The van der Waals surface area contributed by atoms with E-state index in [-0.39, 0.29) is 48.7 Å². The molecule has 8 nitrogen and oxygen atoms in total. The Balaban J connectivity index is 1.24. The van der Waals surface area contributed by atoms with Gasteiger partial charge < -0.3 is 29.2 Å². The molecule has 4 aliphatic heterocycles. The summed E-state index contributed by atoms with van der Waals surface area (Å²) in [6.45, 7) is 4.62. The summed E-state index contributed by atoms with van der Waals surface area (Å²) in [5.74, 6) is 0.227. The Labute approximate surface area is 239 Å². The molecule has 0 radical (unpaired) electrons. The second-order valence-electron chi connectivity index (χ2n) is 12.5. The molecule has 5 aliphatic rings. The van der Waals surface area contributed by atoms with Crippen molar-refractivity contribution in [1.29, 1.82) is 0 Å². The standard InChI is InChI=1S/C30H42F3N3O5/c1-38-26-16-40-9-6-24(26)34-23-12-22-15-36(25-7-10-41-17-27(25)39-2)18-29(22,13-23)28(37)35-8-5-19-3-4-21(30(31,32)33)11-20(19)14-35/h3-4,11,22-27,34H,5-10,12-18H2,1-2H3/t22-,23+,24?,25?,26?,27?,29-/m0/s1. The quantitative estimate of drug-likeness (QED) is 0.554. The van der Waals surface area contributed by atoms with Crippen LogP contribution in [-0.4, -0.2) is 106 Å². The van der Waals surface area contributed by atoms with E-state index in [1.54, 1.807) is 20.3 Å². The van der Waals surface area contributed by atoms with Crippen molar-refractivity contribution < 1.29 is 36.9 Å². The van der Waals surface area contributed by atoms with Crippen LogP contribution >= 0.6 is 0 Å². The number of nitrogens with one attached hydrogen (secondary N) is 1. The van der Waals surface area contributed by atoms with Gasteiger partial charge in [-0.05, 0) is 61.3 Å². The van der Waals surface area contributed by atoms with Crippen LogP contribution in [0.1, 0.15) is 42.4 Å². The van der Waals surface area contributed by atoms with E-state index in [2.05, 4.69) is 10.2 Å². The maximum Gasteiger partial charge on any atom is 0.416 e. The number of ether oxygens (including phenoxy) is 4. The van der Waals surface area contributed by atoms with Gasteiger partial charge in [0, 0.05) is 71.7 Å². The number of rotatable bonds is 6. The van der Waals surface area contributed by atoms with Gasteiger partial charge in [0.1, 0.15) is 0 Å². The maximum absolute atomic E-state index is 14.6. The molecule has 0 bridgehead atoms. The molecule has 4 fully saturated rings. The predicted molar refractivity (Wildman–Crippen MR) is 144 cm³/mol. The fraction of sp³-hybridized carbons (Fsp3) is 0.767. The number of nitrogens with zero attached hydrogens (tertiary/aromatic N) is 2. The monoisotopic (exact) mass is 581 g/mol. The predicted octanol–water partition coefficient (Wildman–Crippen LogP) is 2.87. The average Bonchev–Trinajstić information content (AvgIpc) is 3.50. The zero-order valence-electron chi connectivity index (χ0n) is 24.0. The lowest BCUT2D eigenvalue weighted by Crippen LogP contribution is -2.54. The lowest BCUT2D eigenvalue weighted by Gasteiger charge is -2.40. The van der Waals surface area contributed by atoms with Gasteiger partial charge in [-0.15, -0.1) is 0 Å². The van der Waals surface area contributed by atoms with E-state index in [9.17, 15) is 18.0 Å². The van der Waals surface area contributed by atoms with Crippen molar-refractivity contribution in [2.45, 2.75) is 75.2 Å². The molecule has 1 saturated carbocycles. The van der Waals surface area contributed by atoms with Gasteiger partial charge in [-0.3, -0.25) is 9.69 Å². The molecule has 4 heterocycles. The van der Waals surface area contributed by atoms with E-state index < -0.39 is 17.2 Å². The summed E-state index contributed by atoms with van der Waals surface area (Å²) in [5.41, 5.74) is 0.239. The molecule has 11 heteroatoms. The Morgan fingerprint density at radius 1 is 1.07 bits per heavy atom. The first-order valence-electron chi connectivity index (χ1n) is 14.9. The summed E-state index contributed by atoms with van der Waals surface area (Å²) < 4.78 is 63.2. The van der Waals surface area contributed by atoms with Gasteiger partial charge in [0.2, 0.25) is 5.91 Å². The minimum Gasteiger partial charge on any atom is -0.379 e. The largest absolute Gasteiger partial charge is 0.416 e. The second-order valence-corrected chi connectivity index (χ2v) is 12.5. The van der Waals surface area contributed by atoms with Crippen LogP contribution in [0.25, 0.3) is 0 Å². The van der Waals surface area contributed by atoms with Crippen LogP contribution in [-0.2, 0) is 42.9 Å². The van der Waals surface area contributed by atoms with Crippen LogP contribution < -0.4 is 5.32 Å². The lowest BCUT2D eigenvalue weighted by atomic mass is 9.78. The normalized spacial score (nSPS) is 36.3. The molecule has 1 amide bonds. The third-order valence-corrected chi connectivity index (χ3v) is 10.3. The van der Waals surface area contributed by atoms with Gasteiger partial charge in [-0.1, -0.05) is 6.07 Å². The summed E-state index contributed by atoms with van der Waals surface area (Å²) >= 11 is 0. The first-order chi connectivity index (χ1) is 19.7. The van der Waals surface area contributed by atoms with Gasteiger partial charge in [0.15, 0.2) is 0 Å². The zero-order chi connectivity index (χ0) is 28.8. The summed E-state index contributed by atoms with van der Waals surface area (Å²) in [4.78, 5) is 18.8. The fourth-order valence-corrected chi connectivity index (χ4v) is 8.12. The van der Waals surface area contributed by atoms with Crippen LogP contribution in [0.3, 0.4) is 0 Å². The number of carbonyl (C=O) groups excluding carboxylic acids is 1. The van der Waals surface area contributed by atoms with Crippen LogP contribution in [0.2, 0.25) is 0 Å². The van der Waals surface area contributed by atoms with Crippen LogP contribution in [0.15, 0.2) is 18.2 Å². The SMILES string of the molecule is COC1COCCC1N[C@@H]1C[C@H]2CN(C3CCOCC3OC)C[C@@]2(C(=O)N2CCc3ccc(C(F)(F)F)cc3C2)C1. The topological polar surface area (TPSA) is 72.5 Å². The highest BCUT2D eigenvalue weighted by Gasteiger charge is 2.60. The first kappa shape index (κ1) is 29.3. The second kappa shape index (κ2) is 11.7. The van der Waals surface area contributed by atoms with Gasteiger partial charge in [0.05, 0.1) is 36.4 Å². The van der Waals surface area contributed by atoms with Crippen molar-refractivity contribution in [2.24, 2.45) is 11.3 Å². The number of likely N-dealkylation sites (tertiary alicyclic amines) is 1. The van der Waals surface area contributed by atoms with Crippen molar-refractivity contribution in [2.75, 3.05) is 60.3 Å². The van der Waals surface area contributed by atoms with Gasteiger partial charge in [0.25, 0.3) is 0 Å². The minimum atomic E-state index is -4.41. The molecule has 1 aromatic carbocycles. The molecule has 4 unspecified atom stereocenters. The number of benzene rings is 1. The third kappa shape index (κ3) is 5.65. The Morgan fingerprint density at radius 2 is 1.83 bits per heavy atom. The zero-order valence-corrected chi connectivity index (χ0v) is 24.0. The Morgan fingerprint density at radius 3 is 2.59 bits per heavy atom. The van der Waals surface area contributed by atoms with E-state index in [1.165, 1.54) is 6.07 Å². The molecule has 1 N–H and O–H groups in total. The summed E-state index contributed by atoms with van der Waals surface area (Å²) in [7, 11) is 3.42. The van der Waals surface area contributed by atoms with Crippen molar-refractivity contribution >= 4 is 5.91 Å². The lowest BCUT2D eigenvalue weighted by molar-refractivity contribution is -0.144. The number of hydrogen-bond donors (Lipinski definition) is 1. The number of fused-ring (bicyclic) bond motifs is 2. The number of halogens is 3. The van der Waals surface area contributed by atoms with Crippen LogP contribution in [0, 0.1) is 11.3 Å². The molecule has 1 aliphatic carbocycles. The molecule has 3 saturated heterocycles. The van der Waals surface area contributed by atoms with Gasteiger partial charge in [-0.25, -0.2) is 0 Å². The van der Waals surface area contributed by atoms with E-state index >= 15 is 0 Å². The van der Waals surface area contributed by atoms with Crippen LogP contribution in [0.4, 0.5) is 13.2 Å². The Hall–Kier alpha value is -1.76. The molecule has 0 spiro atoms. The molecule has 41 heavy (non-hydrogen) atoms. The van der Waals surface area contributed by atoms with E-state index in [4.69, 9.17) is 18.9 Å². The third-order valence-electron chi connectivity index (χ3n) is 10.3. The molecular weight excluding hydrogens is 539 g/mol. The first-order valence-corrected chi connectivity index (χ1v) is 14.9. The molecular formula is C30H42F3N3O5.